The first kappa shape index (κ1) is 17.8. The molecule has 3 heterocycles. The van der Waals surface area contributed by atoms with E-state index in [1.54, 1.807) is 15.7 Å². The number of hydrogen-bond acceptors (Lipinski definition) is 5. The summed E-state index contributed by atoms with van der Waals surface area (Å²) >= 11 is 3.37. The molecule has 1 amide bonds. The van der Waals surface area contributed by atoms with Crippen molar-refractivity contribution >= 4 is 33.2 Å². The highest BCUT2D eigenvalue weighted by molar-refractivity contribution is 9.10. The van der Waals surface area contributed by atoms with Gasteiger partial charge in [0.1, 0.15) is 11.1 Å². The lowest BCUT2D eigenvalue weighted by Gasteiger charge is -2.34. The van der Waals surface area contributed by atoms with Crippen molar-refractivity contribution in [1.29, 1.82) is 0 Å². The minimum atomic E-state index is -0.510. The third kappa shape index (κ3) is 4.00. The summed E-state index contributed by atoms with van der Waals surface area (Å²) in [5.41, 5.74) is 0.566. The summed E-state index contributed by atoms with van der Waals surface area (Å²) in [4.78, 5) is 34.8. The number of piperidine rings is 1. The highest BCUT2D eigenvalue weighted by atomic mass is 79.9. The zero-order chi connectivity index (χ0) is 18.2. The Balaban J connectivity index is 1.80. The maximum absolute atomic E-state index is 12.4. The van der Waals surface area contributed by atoms with E-state index in [-0.39, 0.29) is 17.7 Å². The van der Waals surface area contributed by atoms with Crippen LogP contribution in [0.1, 0.15) is 39.7 Å². The highest BCUT2D eigenvalue weighted by Gasteiger charge is 2.28. The van der Waals surface area contributed by atoms with Gasteiger partial charge in [-0.15, -0.1) is 0 Å². The number of carbonyl (C=O) groups excluding carboxylic acids is 1. The van der Waals surface area contributed by atoms with E-state index in [2.05, 4.69) is 25.9 Å². The second-order valence-electron chi connectivity index (χ2n) is 7.16. The number of amides is 1. The second-order valence-corrected chi connectivity index (χ2v) is 8.08. The third-order valence-electron chi connectivity index (χ3n) is 4.07. The fourth-order valence-corrected chi connectivity index (χ4v) is 3.30. The minimum absolute atomic E-state index is 0.00892. The summed E-state index contributed by atoms with van der Waals surface area (Å²) in [7, 11) is 0. The molecule has 0 bridgehead atoms. The fraction of sp³-hybridized carbons (Fsp3) is 0.529. The quantitative estimate of drug-likeness (QED) is 0.724. The van der Waals surface area contributed by atoms with Gasteiger partial charge in [0.2, 0.25) is 0 Å². The van der Waals surface area contributed by atoms with Gasteiger partial charge < -0.3 is 9.64 Å². The zero-order valence-electron chi connectivity index (χ0n) is 14.5. The first-order valence-corrected chi connectivity index (χ1v) is 9.04. The summed E-state index contributed by atoms with van der Waals surface area (Å²) in [6.45, 7) is 6.65. The van der Waals surface area contributed by atoms with Gasteiger partial charge in [0, 0.05) is 29.8 Å². The fourth-order valence-electron chi connectivity index (χ4n) is 2.98. The van der Waals surface area contributed by atoms with Gasteiger partial charge in [-0.2, -0.15) is 0 Å². The van der Waals surface area contributed by atoms with Crippen LogP contribution in [0.3, 0.4) is 0 Å². The van der Waals surface area contributed by atoms with E-state index < -0.39 is 5.60 Å². The lowest BCUT2D eigenvalue weighted by Crippen LogP contribution is -2.43. The Morgan fingerprint density at radius 2 is 1.92 bits per heavy atom. The van der Waals surface area contributed by atoms with Crippen LogP contribution in [0.2, 0.25) is 0 Å². The first-order chi connectivity index (χ1) is 11.7. The molecule has 7 nitrogen and oxygen atoms in total. The lowest BCUT2D eigenvalue weighted by molar-refractivity contribution is 0.0188. The van der Waals surface area contributed by atoms with Crippen LogP contribution in [0, 0.1) is 0 Å². The van der Waals surface area contributed by atoms with E-state index in [0.29, 0.717) is 37.1 Å². The molecule has 3 rings (SSSR count). The Hall–Kier alpha value is -1.96. The number of rotatable bonds is 1. The molecule has 2 aromatic rings. The molecular weight excluding hydrogens is 388 g/mol. The SMILES string of the molecule is CC(C)(C)OC(=O)N1CCC(n2c(=O)cnc3cc(Br)cnc32)CC1. The van der Waals surface area contributed by atoms with Gasteiger partial charge >= 0.3 is 6.09 Å². The second kappa shape index (κ2) is 6.74. The van der Waals surface area contributed by atoms with Crippen LogP contribution in [0.4, 0.5) is 4.79 Å². The third-order valence-corrected chi connectivity index (χ3v) is 4.51. The summed E-state index contributed by atoms with van der Waals surface area (Å²) in [5, 5.41) is 0. The molecule has 0 unspecified atom stereocenters. The van der Waals surface area contributed by atoms with Crippen molar-refractivity contribution in [2.45, 2.75) is 45.3 Å². The molecule has 2 aromatic heterocycles. The Labute approximate surface area is 154 Å². The highest BCUT2D eigenvalue weighted by Crippen LogP contribution is 2.25. The summed E-state index contributed by atoms with van der Waals surface area (Å²) < 4.78 is 7.93. The van der Waals surface area contributed by atoms with Crippen LogP contribution in [0.25, 0.3) is 11.2 Å². The Kier molecular flexibility index (Phi) is 4.81. The molecule has 8 heteroatoms. The van der Waals surface area contributed by atoms with E-state index in [9.17, 15) is 9.59 Å². The number of nitrogens with zero attached hydrogens (tertiary/aromatic N) is 4. The average molecular weight is 409 g/mol. The van der Waals surface area contributed by atoms with Crippen molar-refractivity contribution in [3.63, 3.8) is 0 Å². The molecule has 1 saturated heterocycles. The van der Waals surface area contributed by atoms with Gasteiger partial charge in [-0.3, -0.25) is 9.36 Å². The maximum atomic E-state index is 12.4. The van der Waals surface area contributed by atoms with E-state index in [4.69, 9.17) is 4.74 Å². The number of likely N-dealkylation sites (tertiary alicyclic amines) is 1. The number of hydrogen-bond donors (Lipinski definition) is 0. The first-order valence-electron chi connectivity index (χ1n) is 8.25. The molecule has 0 N–H and O–H groups in total. The van der Waals surface area contributed by atoms with Gasteiger partial charge in [-0.05, 0) is 55.6 Å². The summed E-state index contributed by atoms with van der Waals surface area (Å²) in [6, 6.07) is 1.83. The average Bonchev–Trinajstić information content (AvgIpc) is 2.53. The number of fused-ring (bicyclic) bond motifs is 1. The zero-order valence-corrected chi connectivity index (χ0v) is 16.1. The number of halogens is 1. The van der Waals surface area contributed by atoms with Gasteiger partial charge in [0.25, 0.3) is 5.56 Å². The normalized spacial score (nSPS) is 16.2. The number of pyridine rings is 1. The van der Waals surface area contributed by atoms with Crippen molar-refractivity contribution in [3.05, 3.63) is 33.3 Å². The molecule has 0 aliphatic carbocycles. The molecule has 1 fully saturated rings. The van der Waals surface area contributed by atoms with E-state index in [1.165, 1.54) is 6.20 Å². The number of carbonyl (C=O) groups is 1. The van der Waals surface area contributed by atoms with Crippen molar-refractivity contribution in [2.24, 2.45) is 0 Å². The minimum Gasteiger partial charge on any atom is -0.444 e. The van der Waals surface area contributed by atoms with Crippen LogP contribution in [0.5, 0.6) is 0 Å². The monoisotopic (exact) mass is 408 g/mol. The molecule has 25 heavy (non-hydrogen) atoms. The number of ether oxygens (including phenoxy) is 1. The standard InChI is InChI=1S/C17H21BrN4O3/c1-17(2,3)25-16(24)21-6-4-12(5-7-21)22-14(23)10-19-13-8-11(18)9-20-15(13)22/h8-10,12H,4-7H2,1-3H3. The Bertz CT molecular complexity index is 851. The molecule has 0 saturated carbocycles. The largest absolute Gasteiger partial charge is 0.444 e. The van der Waals surface area contributed by atoms with Gasteiger partial charge in [-0.25, -0.2) is 14.8 Å². The van der Waals surface area contributed by atoms with Crippen molar-refractivity contribution in [3.8, 4) is 0 Å². The smallest absolute Gasteiger partial charge is 0.410 e. The molecule has 1 aliphatic rings. The van der Waals surface area contributed by atoms with Crippen molar-refractivity contribution in [2.75, 3.05) is 13.1 Å². The van der Waals surface area contributed by atoms with Crippen LogP contribution in [-0.2, 0) is 4.74 Å². The topological polar surface area (TPSA) is 77.3 Å². The predicted octanol–water partition coefficient (Wildman–Crippen LogP) is 3.13. The van der Waals surface area contributed by atoms with Crippen LogP contribution in [0.15, 0.2) is 27.7 Å². The van der Waals surface area contributed by atoms with Gasteiger partial charge in [0.05, 0.1) is 6.20 Å². The molecule has 134 valence electrons. The van der Waals surface area contributed by atoms with Crippen LogP contribution in [-0.4, -0.2) is 44.2 Å². The summed E-state index contributed by atoms with van der Waals surface area (Å²) in [5.74, 6) is 0. The van der Waals surface area contributed by atoms with Gasteiger partial charge in [0.15, 0.2) is 5.65 Å². The Morgan fingerprint density at radius 1 is 1.24 bits per heavy atom. The van der Waals surface area contributed by atoms with Crippen LogP contribution < -0.4 is 5.56 Å². The van der Waals surface area contributed by atoms with E-state index in [0.717, 1.165) is 4.47 Å². The summed E-state index contributed by atoms with van der Waals surface area (Å²) in [6.07, 6.45) is 4.04. The molecule has 1 aliphatic heterocycles. The maximum Gasteiger partial charge on any atom is 0.410 e. The molecule has 0 spiro atoms. The Morgan fingerprint density at radius 3 is 2.56 bits per heavy atom. The van der Waals surface area contributed by atoms with Crippen molar-refractivity contribution < 1.29 is 9.53 Å². The molecular formula is C17H21BrN4O3. The number of aromatic nitrogens is 3. The van der Waals surface area contributed by atoms with E-state index in [1.807, 2.05) is 26.8 Å². The molecule has 0 atom stereocenters. The van der Waals surface area contributed by atoms with Gasteiger partial charge in [-0.1, -0.05) is 0 Å². The van der Waals surface area contributed by atoms with Crippen molar-refractivity contribution in [1.82, 2.24) is 19.4 Å². The molecule has 0 aromatic carbocycles. The molecule has 0 radical (unpaired) electrons. The lowest BCUT2D eigenvalue weighted by atomic mass is 10.0. The predicted molar refractivity (Wildman–Crippen MR) is 97.6 cm³/mol. The van der Waals surface area contributed by atoms with Crippen LogP contribution >= 0.6 is 15.9 Å². The van der Waals surface area contributed by atoms with E-state index >= 15 is 0 Å².